The van der Waals surface area contributed by atoms with Gasteiger partial charge in [0.1, 0.15) is 5.52 Å². The lowest BCUT2D eigenvalue weighted by Crippen LogP contribution is -2.47. The molecule has 0 radical (unpaired) electrons. The van der Waals surface area contributed by atoms with Crippen molar-refractivity contribution in [1.82, 2.24) is 15.4 Å². The summed E-state index contributed by atoms with van der Waals surface area (Å²) < 4.78 is 5.61. The van der Waals surface area contributed by atoms with E-state index >= 15 is 0 Å². The van der Waals surface area contributed by atoms with Gasteiger partial charge < -0.3 is 4.42 Å². The van der Waals surface area contributed by atoms with E-state index in [-0.39, 0.29) is 11.5 Å². The van der Waals surface area contributed by atoms with Crippen LogP contribution in [0, 0.1) is 0 Å². The number of fused-ring (bicyclic) bond motifs is 1. The van der Waals surface area contributed by atoms with Gasteiger partial charge in [-0.1, -0.05) is 23.7 Å². The molecule has 0 saturated carbocycles. The summed E-state index contributed by atoms with van der Waals surface area (Å²) in [6.07, 6.45) is 3.58. The van der Waals surface area contributed by atoms with Crippen LogP contribution in [0.15, 0.2) is 53.1 Å². The first kappa shape index (κ1) is 18.8. The first-order valence-corrected chi connectivity index (χ1v) is 10.4. The molecule has 32 heavy (non-hydrogen) atoms. The first-order valence-electron chi connectivity index (χ1n) is 9.99. The van der Waals surface area contributed by atoms with Crippen LogP contribution in [0.25, 0.3) is 27.4 Å². The van der Waals surface area contributed by atoms with Crippen LogP contribution in [0.3, 0.4) is 0 Å². The molecule has 7 nitrogen and oxygen atoms in total. The van der Waals surface area contributed by atoms with Gasteiger partial charge in [0.15, 0.2) is 11.9 Å². The first-order chi connectivity index (χ1) is 15.5. The zero-order chi connectivity index (χ0) is 22.0. The Balaban J connectivity index is 1.38. The summed E-state index contributed by atoms with van der Waals surface area (Å²) in [6, 6.07) is 12.3. The second kappa shape index (κ2) is 6.77. The molecule has 0 spiro atoms. The molecule has 2 heterocycles. The number of hydrogen-bond donors (Lipinski definition) is 1. The zero-order valence-corrected chi connectivity index (χ0v) is 17.3. The molecule has 3 aromatic carbocycles. The smallest absolute Gasteiger partial charge is 0.280 e. The van der Waals surface area contributed by atoms with E-state index < -0.39 is 11.8 Å². The number of rotatable bonds is 4. The van der Waals surface area contributed by atoms with Crippen molar-refractivity contribution in [1.29, 1.82) is 0 Å². The number of allylic oxidation sites excluding steroid dienone is 1. The van der Waals surface area contributed by atoms with E-state index in [2.05, 4.69) is 10.4 Å². The number of aromatic nitrogens is 1. The molecule has 1 N–H and O–H groups in total. The minimum absolute atomic E-state index is 0.0393. The number of imide groups is 1. The minimum atomic E-state index is -0.482. The molecule has 0 atom stereocenters. The van der Waals surface area contributed by atoms with Crippen LogP contribution in [0.4, 0.5) is 0 Å². The average Bonchev–Trinajstić information content (AvgIpc) is 3.41. The van der Waals surface area contributed by atoms with E-state index in [0.29, 0.717) is 38.9 Å². The lowest BCUT2D eigenvalue weighted by molar-refractivity contribution is -0.103. The third-order valence-corrected chi connectivity index (χ3v) is 6.17. The Morgan fingerprint density at radius 1 is 1.00 bits per heavy atom. The van der Waals surface area contributed by atoms with Gasteiger partial charge in [0.2, 0.25) is 5.89 Å². The molecule has 156 valence electrons. The highest BCUT2D eigenvalue weighted by Gasteiger charge is 2.35. The van der Waals surface area contributed by atoms with E-state index in [1.807, 2.05) is 12.1 Å². The predicted octanol–water partition coefficient (Wildman–Crippen LogP) is 4.07. The summed E-state index contributed by atoms with van der Waals surface area (Å²) >= 11 is 5.97. The van der Waals surface area contributed by atoms with E-state index in [0.717, 1.165) is 34.4 Å². The molecule has 1 aliphatic carbocycles. The average molecular weight is 444 g/mol. The molecule has 0 bridgehead atoms. The number of oxazole rings is 1. The number of hydrazine groups is 1. The van der Waals surface area contributed by atoms with Crippen molar-refractivity contribution in [3.63, 3.8) is 0 Å². The van der Waals surface area contributed by atoms with Crippen molar-refractivity contribution in [2.24, 2.45) is 0 Å². The molecule has 2 aliphatic rings. The third-order valence-electron chi connectivity index (χ3n) is 5.94. The SMILES string of the molecule is O=C/C(=C\NN1C(=O)c2ccc3c4c(ccc(c24)C1=O)CC3)c1nc2cc(Cl)ccc2o1. The van der Waals surface area contributed by atoms with Crippen molar-refractivity contribution >= 4 is 57.1 Å². The molecule has 8 heteroatoms. The van der Waals surface area contributed by atoms with E-state index in [1.54, 1.807) is 30.3 Å². The highest BCUT2D eigenvalue weighted by atomic mass is 35.5. The van der Waals surface area contributed by atoms with Crippen molar-refractivity contribution in [3.05, 3.63) is 81.8 Å². The number of nitrogens with one attached hydrogen (secondary N) is 1. The van der Waals surface area contributed by atoms with Crippen LogP contribution in [0.2, 0.25) is 5.02 Å². The van der Waals surface area contributed by atoms with Crippen LogP contribution in [-0.2, 0) is 17.6 Å². The maximum absolute atomic E-state index is 13.1. The number of carbonyl (C=O) groups excluding carboxylic acids is 3. The van der Waals surface area contributed by atoms with Gasteiger partial charge in [0.05, 0.1) is 16.7 Å². The Morgan fingerprint density at radius 2 is 1.69 bits per heavy atom. The highest BCUT2D eigenvalue weighted by molar-refractivity contribution is 6.31. The highest BCUT2D eigenvalue weighted by Crippen LogP contribution is 2.38. The standard InChI is InChI=1S/C24H14ClN3O4/c25-15-5-8-19-18(9-15)27-22(32-19)14(11-29)10-26-28-23(30)16-6-3-12-1-2-13-4-7-17(24(28)31)21(16)20(12)13/h3-11,26H,1-2H2/b14-10+. The lowest BCUT2D eigenvalue weighted by Gasteiger charge is -2.27. The van der Waals surface area contributed by atoms with Gasteiger partial charge in [-0.15, -0.1) is 0 Å². The van der Waals surface area contributed by atoms with E-state index in [9.17, 15) is 14.4 Å². The molecule has 0 unspecified atom stereocenters. The topological polar surface area (TPSA) is 92.5 Å². The Hall–Kier alpha value is -3.97. The number of amides is 2. The summed E-state index contributed by atoms with van der Waals surface area (Å²) in [6.45, 7) is 0. The number of aldehydes is 1. The molecule has 1 aromatic heterocycles. The fourth-order valence-corrected chi connectivity index (χ4v) is 4.61. The molecule has 4 aromatic rings. The van der Waals surface area contributed by atoms with E-state index in [1.165, 1.54) is 6.20 Å². The van der Waals surface area contributed by atoms with Crippen LogP contribution in [0.1, 0.15) is 37.7 Å². The summed E-state index contributed by atoms with van der Waals surface area (Å²) in [5, 5.41) is 3.11. The largest absolute Gasteiger partial charge is 0.436 e. The molecule has 1 aliphatic heterocycles. The summed E-state index contributed by atoms with van der Waals surface area (Å²) in [5.41, 5.74) is 6.87. The Labute approximate surface area is 186 Å². The van der Waals surface area contributed by atoms with Gasteiger partial charge in [-0.2, -0.15) is 5.01 Å². The van der Waals surface area contributed by atoms with Crippen LogP contribution in [0.5, 0.6) is 0 Å². The monoisotopic (exact) mass is 443 g/mol. The summed E-state index contributed by atoms with van der Waals surface area (Å²) in [5.74, 6) is -0.919. The second-order valence-electron chi connectivity index (χ2n) is 7.72. The van der Waals surface area contributed by atoms with Gasteiger partial charge in [-0.05, 0) is 59.7 Å². The van der Waals surface area contributed by atoms with Gasteiger partial charge >= 0.3 is 0 Å². The Bertz CT molecular complexity index is 1480. The number of hydrogen-bond acceptors (Lipinski definition) is 6. The van der Waals surface area contributed by atoms with Gasteiger partial charge in [0.25, 0.3) is 11.8 Å². The van der Waals surface area contributed by atoms with Crippen LogP contribution in [-0.4, -0.2) is 28.1 Å². The van der Waals surface area contributed by atoms with Crippen molar-refractivity contribution in [3.8, 4) is 0 Å². The molecule has 2 amide bonds. The normalized spacial score (nSPS) is 15.2. The third kappa shape index (κ3) is 2.61. The number of benzene rings is 3. The Morgan fingerprint density at radius 3 is 2.34 bits per heavy atom. The maximum Gasteiger partial charge on any atom is 0.280 e. The van der Waals surface area contributed by atoms with Crippen LogP contribution < -0.4 is 5.43 Å². The van der Waals surface area contributed by atoms with Crippen molar-refractivity contribution < 1.29 is 18.8 Å². The summed E-state index contributed by atoms with van der Waals surface area (Å²) in [4.78, 5) is 42.2. The second-order valence-corrected chi connectivity index (χ2v) is 8.15. The number of aryl methyl sites for hydroxylation is 2. The number of carbonyl (C=O) groups is 3. The van der Waals surface area contributed by atoms with E-state index in [4.69, 9.17) is 16.0 Å². The minimum Gasteiger partial charge on any atom is -0.436 e. The predicted molar refractivity (Wildman–Crippen MR) is 118 cm³/mol. The van der Waals surface area contributed by atoms with Crippen molar-refractivity contribution in [2.45, 2.75) is 12.8 Å². The molecular formula is C24H14ClN3O4. The zero-order valence-electron chi connectivity index (χ0n) is 16.5. The fourth-order valence-electron chi connectivity index (χ4n) is 4.44. The quantitative estimate of drug-likeness (QED) is 0.290. The number of halogens is 1. The summed E-state index contributed by atoms with van der Waals surface area (Å²) in [7, 11) is 0. The lowest BCUT2D eigenvalue weighted by atomic mass is 9.92. The fraction of sp³-hybridized carbons (Fsp3) is 0.0833. The maximum atomic E-state index is 13.1. The van der Waals surface area contributed by atoms with Gasteiger partial charge in [0, 0.05) is 16.6 Å². The Kier molecular flexibility index (Phi) is 3.97. The molecule has 0 saturated heterocycles. The molecule has 0 fully saturated rings. The van der Waals surface area contributed by atoms with Gasteiger partial charge in [-0.25, -0.2) is 4.98 Å². The van der Waals surface area contributed by atoms with Crippen LogP contribution >= 0.6 is 11.6 Å². The molecular weight excluding hydrogens is 430 g/mol. The van der Waals surface area contributed by atoms with Gasteiger partial charge in [-0.3, -0.25) is 19.8 Å². The van der Waals surface area contributed by atoms with Crippen molar-refractivity contribution in [2.75, 3.05) is 0 Å². The molecule has 6 rings (SSSR count). The number of nitrogens with zero attached hydrogens (tertiary/aromatic N) is 2.